The van der Waals surface area contributed by atoms with Crippen molar-refractivity contribution in [2.45, 2.75) is 53.1 Å². The van der Waals surface area contributed by atoms with Crippen LogP contribution < -0.4 is 15.0 Å². The van der Waals surface area contributed by atoms with Crippen molar-refractivity contribution in [1.82, 2.24) is 9.66 Å². The topological polar surface area (TPSA) is 65.7 Å². The molecule has 198 valence electrons. The smallest absolute Gasteiger partial charge is 0.282 e. The average Bonchev–Trinajstić information content (AvgIpc) is 2.89. The minimum atomic E-state index is -0.259. The molecule has 3 aromatic carbocycles. The monoisotopic (exact) mass is 595 g/mol. The van der Waals surface area contributed by atoms with E-state index in [9.17, 15) is 4.79 Å². The molecular formula is C30H31BrClN3O3. The summed E-state index contributed by atoms with van der Waals surface area (Å²) in [6.07, 6.45) is 2.49. The highest BCUT2D eigenvalue weighted by atomic mass is 79.9. The molecule has 6 nitrogen and oxygen atoms in total. The van der Waals surface area contributed by atoms with E-state index in [1.807, 2.05) is 50.2 Å². The molecule has 1 aromatic heterocycles. The first-order chi connectivity index (χ1) is 18.1. The number of hydrogen-bond donors (Lipinski definition) is 0. The zero-order valence-electron chi connectivity index (χ0n) is 22.4. The van der Waals surface area contributed by atoms with E-state index in [-0.39, 0.29) is 17.6 Å². The molecule has 1 atom stereocenters. The maximum atomic E-state index is 13.7. The SMILES string of the molecule is CC[C@H](C)Oc1c(Cl)cc(C=Nn2c(-c3cc(C(C)C)c(OC)cc3C)nc3ccccc3c2=O)cc1Br. The summed E-state index contributed by atoms with van der Waals surface area (Å²) in [5, 5.41) is 5.56. The number of fused-ring (bicyclic) bond motifs is 1. The van der Waals surface area contributed by atoms with E-state index in [1.165, 1.54) is 4.68 Å². The van der Waals surface area contributed by atoms with E-state index < -0.39 is 0 Å². The molecule has 0 unspecified atom stereocenters. The van der Waals surface area contributed by atoms with Crippen molar-refractivity contribution in [3.8, 4) is 22.9 Å². The van der Waals surface area contributed by atoms with Gasteiger partial charge >= 0.3 is 0 Å². The minimum Gasteiger partial charge on any atom is -0.496 e. The first-order valence-corrected chi connectivity index (χ1v) is 13.7. The van der Waals surface area contributed by atoms with Crippen LogP contribution in [0.5, 0.6) is 11.5 Å². The first-order valence-electron chi connectivity index (χ1n) is 12.5. The highest BCUT2D eigenvalue weighted by molar-refractivity contribution is 9.10. The second kappa shape index (κ2) is 11.7. The third-order valence-electron chi connectivity index (χ3n) is 6.43. The molecule has 0 saturated carbocycles. The van der Waals surface area contributed by atoms with Crippen LogP contribution in [0.1, 0.15) is 56.7 Å². The average molecular weight is 597 g/mol. The van der Waals surface area contributed by atoms with E-state index in [0.717, 1.165) is 28.9 Å². The molecule has 8 heteroatoms. The maximum Gasteiger partial charge on any atom is 0.282 e. The molecule has 0 saturated heterocycles. The van der Waals surface area contributed by atoms with Crippen LogP contribution in [0.4, 0.5) is 0 Å². The molecule has 0 amide bonds. The number of rotatable bonds is 8. The van der Waals surface area contributed by atoms with Gasteiger partial charge in [-0.15, -0.1) is 0 Å². The molecule has 0 aliphatic heterocycles. The Labute approximate surface area is 236 Å². The zero-order chi connectivity index (χ0) is 27.6. The molecule has 1 heterocycles. The lowest BCUT2D eigenvalue weighted by atomic mass is 9.96. The number of halogens is 2. The van der Waals surface area contributed by atoms with Crippen LogP contribution in [0, 0.1) is 6.92 Å². The van der Waals surface area contributed by atoms with Crippen LogP contribution in [0.25, 0.3) is 22.3 Å². The van der Waals surface area contributed by atoms with Crippen molar-refractivity contribution in [2.75, 3.05) is 7.11 Å². The number of ether oxygens (including phenoxy) is 2. The molecule has 4 aromatic rings. The van der Waals surface area contributed by atoms with Gasteiger partial charge in [0.1, 0.15) is 5.75 Å². The summed E-state index contributed by atoms with van der Waals surface area (Å²) in [6.45, 7) is 10.2. The van der Waals surface area contributed by atoms with Gasteiger partial charge in [0.25, 0.3) is 5.56 Å². The Morgan fingerprint density at radius 2 is 1.89 bits per heavy atom. The third kappa shape index (κ3) is 5.64. The van der Waals surface area contributed by atoms with Crippen molar-refractivity contribution >= 4 is 44.6 Å². The fraction of sp³-hybridized carbons (Fsp3) is 0.300. The summed E-state index contributed by atoms with van der Waals surface area (Å²) >= 11 is 10.1. The molecule has 38 heavy (non-hydrogen) atoms. The molecule has 0 spiro atoms. The van der Waals surface area contributed by atoms with Crippen molar-refractivity contribution in [1.29, 1.82) is 0 Å². The number of methoxy groups -OCH3 is 1. The Morgan fingerprint density at radius 3 is 2.55 bits per heavy atom. The number of benzene rings is 3. The maximum absolute atomic E-state index is 13.7. The second-order valence-corrected chi connectivity index (χ2v) is 10.8. The van der Waals surface area contributed by atoms with Gasteiger partial charge in [0.05, 0.1) is 39.8 Å². The van der Waals surface area contributed by atoms with Crippen LogP contribution in [-0.2, 0) is 0 Å². The lowest BCUT2D eigenvalue weighted by molar-refractivity contribution is 0.216. The number of para-hydroxylation sites is 1. The van der Waals surface area contributed by atoms with Gasteiger partial charge in [-0.1, -0.05) is 44.5 Å². The molecule has 0 radical (unpaired) electrons. The summed E-state index contributed by atoms with van der Waals surface area (Å²) in [7, 11) is 1.66. The van der Waals surface area contributed by atoms with E-state index in [4.69, 9.17) is 26.1 Å². The van der Waals surface area contributed by atoms with Gasteiger partial charge in [0.15, 0.2) is 11.6 Å². The fourth-order valence-electron chi connectivity index (χ4n) is 4.15. The van der Waals surface area contributed by atoms with Gasteiger partial charge in [-0.25, -0.2) is 4.98 Å². The third-order valence-corrected chi connectivity index (χ3v) is 7.30. The molecule has 0 fully saturated rings. The number of aromatic nitrogens is 2. The predicted octanol–water partition coefficient (Wildman–Crippen LogP) is 7.98. The molecule has 0 aliphatic rings. The lowest BCUT2D eigenvalue weighted by Crippen LogP contribution is -2.20. The molecular weight excluding hydrogens is 566 g/mol. The Bertz CT molecular complexity index is 1560. The highest BCUT2D eigenvalue weighted by Crippen LogP contribution is 2.36. The van der Waals surface area contributed by atoms with Gasteiger partial charge in [0.2, 0.25) is 0 Å². The van der Waals surface area contributed by atoms with Crippen molar-refractivity contribution in [3.05, 3.63) is 85.1 Å². The minimum absolute atomic E-state index is 0.0246. The lowest BCUT2D eigenvalue weighted by Gasteiger charge is -2.17. The normalized spacial score (nSPS) is 12.4. The highest BCUT2D eigenvalue weighted by Gasteiger charge is 2.18. The van der Waals surface area contributed by atoms with Crippen LogP contribution >= 0.6 is 27.5 Å². The van der Waals surface area contributed by atoms with Crippen molar-refractivity contribution in [2.24, 2.45) is 5.10 Å². The predicted molar refractivity (Wildman–Crippen MR) is 159 cm³/mol. The fourth-order valence-corrected chi connectivity index (χ4v) is 5.11. The van der Waals surface area contributed by atoms with Crippen LogP contribution in [0.2, 0.25) is 5.02 Å². The largest absolute Gasteiger partial charge is 0.496 e. The van der Waals surface area contributed by atoms with E-state index in [2.05, 4.69) is 41.8 Å². The summed E-state index contributed by atoms with van der Waals surface area (Å²) in [4.78, 5) is 18.5. The number of nitrogens with zero attached hydrogens (tertiary/aromatic N) is 3. The summed E-state index contributed by atoms with van der Waals surface area (Å²) in [6, 6.07) is 14.9. The molecule has 0 N–H and O–H groups in total. The van der Waals surface area contributed by atoms with Crippen molar-refractivity contribution < 1.29 is 9.47 Å². The van der Waals surface area contributed by atoms with Gasteiger partial charge in [-0.2, -0.15) is 9.78 Å². The van der Waals surface area contributed by atoms with E-state index >= 15 is 0 Å². The Balaban J connectivity index is 1.90. The van der Waals surface area contributed by atoms with E-state index in [1.54, 1.807) is 25.5 Å². The van der Waals surface area contributed by atoms with E-state index in [0.29, 0.717) is 37.5 Å². The quantitative estimate of drug-likeness (QED) is 0.193. The van der Waals surface area contributed by atoms with Gasteiger partial charge in [0, 0.05) is 5.56 Å². The first kappa shape index (κ1) is 27.9. The Kier molecular flexibility index (Phi) is 8.58. The van der Waals surface area contributed by atoms with Crippen LogP contribution in [0.3, 0.4) is 0 Å². The standard InChI is InChI=1S/C30H31BrClN3O3/c1-7-19(5)38-28-24(31)13-20(14-25(28)32)16-33-35-29(34-26-11-9-8-10-21(26)30(35)36)23-15-22(17(2)3)27(37-6)12-18(23)4/h8-17,19H,7H2,1-6H3/t19-/m0/s1. The number of hydrogen-bond acceptors (Lipinski definition) is 5. The molecule has 4 rings (SSSR count). The Morgan fingerprint density at radius 1 is 1.16 bits per heavy atom. The second-order valence-electron chi connectivity index (χ2n) is 9.53. The molecule has 0 bridgehead atoms. The summed E-state index contributed by atoms with van der Waals surface area (Å²) < 4.78 is 13.6. The van der Waals surface area contributed by atoms with Gasteiger partial charge < -0.3 is 9.47 Å². The van der Waals surface area contributed by atoms with Gasteiger partial charge in [-0.05, 0) is 95.2 Å². The molecule has 0 aliphatic carbocycles. The zero-order valence-corrected chi connectivity index (χ0v) is 24.7. The Hall–Kier alpha value is -3.16. The summed E-state index contributed by atoms with van der Waals surface area (Å²) in [5.74, 6) is 2.05. The summed E-state index contributed by atoms with van der Waals surface area (Å²) in [5.41, 5.74) is 3.82. The van der Waals surface area contributed by atoms with Crippen LogP contribution in [-0.4, -0.2) is 29.1 Å². The van der Waals surface area contributed by atoms with Gasteiger partial charge in [-0.3, -0.25) is 4.79 Å². The number of aryl methyl sites for hydroxylation is 1. The van der Waals surface area contributed by atoms with Crippen LogP contribution in [0.15, 0.2) is 62.9 Å². The van der Waals surface area contributed by atoms with Crippen molar-refractivity contribution in [3.63, 3.8) is 0 Å².